The topological polar surface area (TPSA) is 38.3 Å². The second-order valence-electron chi connectivity index (χ2n) is 5.53. The molecule has 2 aromatic rings. The fourth-order valence-electron chi connectivity index (χ4n) is 2.59. The number of carbonyl (C=O) groups excluding carboxylic acids is 1. The van der Waals surface area contributed by atoms with Crippen molar-refractivity contribution in [2.24, 2.45) is 5.92 Å². The van der Waals surface area contributed by atoms with Crippen LogP contribution in [-0.4, -0.2) is 13.0 Å². The van der Waals surface area contributed by atoms with E-state index in [1.807, 2.05) is 67.6 Å². The van der Waals surface area contributed by atoms with Crippen molar-refractivity contribution in [2.75, 3.05) is 7.11 Å². The van der Waals surface area contributed by atoms with E-state index >= 15 is 0 Å². The molecule has 1 amide bonds. The molecule has 0 fully saturated rings. The zero-order valence-corrected chi connectivity index (χ0v) is 13.7. The molecule has 3 nitrogen and oxygen atoms in total. The van der Waals surface area contributed by atoms with Crippen LogP contribution in [0.1, 0.15) is 24.0 Å². The number of hydrogen-bond acceptors (Lipinski definition) is 2. The normalized spacial score (nSPS) is 13.0. The van der Waals surface area contributed by atoms with Crippen LogP contribution in [-0.2, 0) is 11.3 Å². The first-order chi connectivity index (χ1) is 11.2. The summed E-state index contributed by atoms with van der Waals surface area (Å²) in [5.41, 5.74) is 2.12. The van der Waals surface area contributed by atoms with Crippen molar-refractivity contribution in [1.29, 1.82) is 0 Å². The first-order valence-corrected chi connectivity index (χ1v) is 7.74. The van der Waals surface area contributed by atoms with Gasteiger partial charge in [0, 0.05) is 18.4 Å². The lowest BCUT2D eigenvalue weighted by molar-refractivity contribution is -0.125. The van der Waals surface area contributed by atoms with Crippen LogP contribution in [0, 0.1) is 5.92 Å². The summed E-state index contributed by atoms with van der Waals surface area (Å²) < 4.78 is 5.26. The molecule has 0 aliphatic heterocycles. The van der Waals surface area contributed by atoms with E-state index in [0.29, 0.717) is 6.54 Å². The van der Waals surface area contributed by atoms with Gasteiger partial charge in [0.05, 0.1) is 7.11 Å². The second kappa shape index (κ2) is 8.18. The van der Waals surface area contributed by atoms with Crippen molar-refractivity contribution in [3.63, 3.8) is 0 Å². The van der Waals surface area contributed by atoms with Crippen molar-refractivity contribution < 1.29 is 9.53 Å². The molecule has 0 saturated heterocycles. The van der Waals surface area contributed by atoms with E-state index in [4.69, 9.17) is 4.74 Å². The van der Waals surface area contributed by atoms with E-state index < -0.39 is 0 Å². The van der Waals surface area contributed by atoms with E-state index in [-0.39, 0.29) is 17.7 Å². The Hall–Kier alpha value is -2.55. The number of rotatable bonds is 7. The Labute approximate surface area is 138 Å². The number of allylic oxidation sites excluding steroid dienone is 1. The molecule has 0 spiro atoms. The number of amides is 1. The zero-order chi connectivity index (χ0) is 16.7. The maximum Gasteiger partial charge on any atom is 0.224 e. The van der Waals surface area contributed by atoms with Gasteiger partial charge in [0.2, 0.25) is 5.91 Å². The molecule has 0 heterocycles. The Bertz CT molecular complexity index is 652. The van der Waals surface area contributed by atoms with Crippen molar-refractivity contribution in [1.82, 2.24) is 5.32 Å². The molecule has 3 heteroatoms. The summed E-state index contributed by atoms with van der Waals surface area (Å²) in [5, 5.41) is 2.99. The van der Waals surface area contributed by atoms with Gasteiger partial charge < -0.3 is 10.1 Å². The van der Waals surface area contributed by atoms with Crippen LogP contribution in [0.25, 0.3) is 0 Å². The monoisotopic (exact) mass is 309 g/mol. The lowest BCUT2D eigenvalue weighted by Crippen LogP contribution is -2.31. The summed E-state index contributed by atoms with van der Waals surface area (Å²) in [6.07, 6.45) is 1.82. The number of hydrogen-bond donors (Lipinski definition) is 1. The van der Waals surface area contributed by atoms with Crippen LogP contribution in [0.15, 0.2) is 67.3 Å². The molecule has 120 valence electrons. The summed E-state index contributed by atoms with van der Waals surface area (Å²) in [7, 11) is 1.64. The van der Waals surface area contributed by atoms with Gasteiger partial charge in [0.25, 0.3) is 0 Å². The Morgan fingerprint density at radius 1 is 1.22 bits per heavy atom. The largest absolute Gasteiger partial charge is 0.497 e. The van der Waals surface area contributed by atoms with Gasteiger partial charge in [-0.15, -0.1) is 6.58 Å². The van der Waals surface area contributed by atoms with Crippen LogP contribution in [0.4, 0.5) is 0 Å². The van der Waals surface area contributed by atoms with Crippen LogP contribution in [0.3, 0.4) is 0 Å². The van der Waals surface area contributed by atoms with Crippen molar-refractivity contribution >= 4 is 5.91 Å². The maximum atomic E-state index is 12.5. The molecule has 1 N–H and O–H groups in total. The number of nitrogens with one attached hydrogen (secondary N) is 1. The van der Waals surface area contributed by atoms with Crippen molar-refractivity contribution in [3.8, 4) is 5.75 Å². The Balaban J connectivity index is 2.04. The van der Waals surface area contributed by atoms with Crippen LogP contribution >= 0.6 is 0 Å². The van der Waals surface area contributed by atoms with Crippen molar-refractivity contribution in [3.05, 3.63) is 78.4 Å². The highest BCUT2D eigenvalue weighted by molar-refractivity contribution is 5.79. The molecule has 0 aliphatic rings. The van der Waals surface area contributed by atoms with Gasteiger partial charge in [-0.05, 0) is 23.3 Å². The van der Waals surface area contributed by atoms with Gasteiger partial charge >= 0.3 is 0 Å². The molecule has 2 unspecified atom stereocenters. The van der Waals surface area contributed by atoms with Gasteiger partial charge in [-0.25, -0.2) is 0 Å². The predicted molar refractivity (Wildman–Crippen MR) is 93.4 cm³/mol. The minimum atomic E-state index is -0.205. The third-order valence-electron chi connectivity index (χ3n) is 3.99. The molecular weight excluding hydrogens is 286 g/mol. The van der Waals surface area contributed by atoms with E-state index in [2.05, 4.69) is 11.9 Å². The van der Waals surface area contributed by atoms with Gasteiger partial charge in [0.15, 0.2) is 0 Å². The molecular formula is C20H23NO2. The van der Waals surface area contributed by atoms with Crippen LogP contribution in [0.5, 0.6) is 5.75 Å². The van der Waals surface area contributed by atoms with Crippen LogP contribution < -0.4 is 10.1 Å². The maximum absolute atomic E-state index is 12.5. The molecule has 0 aliphatic carbocycles. The number of benzene rings is 2. The molecule has 23 heavy (non-hydrogen) atoms. The molecule has 2 aromatic carbocycles. The van der Waals surface area contributed by atoms with Gasteiger partial charge in [-0.1, -0.05) is 55.5 Å². The molecule has 0 saturated carbocycles. The third-order valence-corrected chi connectivity index (χ3v) is 3.99. The van der Waals surface area contributed by atoms with E-state index in [0.717, 1.165) is 16.9 Å². The van der Waals surface area contributed by atoms with Gasteiger partial charge in [-0.3, -0.25) is 4.79 Å². The molecule has 0 bridgehead atoms. The lowest BCUT2D eigenvalue weighted by Gasteiger charge is -2.21. The Kier molecular flexibility index (Phi) is 5.98. The minimum absolute atomic E-state index is 0.0153. The summed E-state index contributed by atoms with van der Waals surface area (Å²) in [6.45, 7) is 6.35. The van der Waals surface area contributed by atoms with Crippen LogP contribution in [0.2, 0.25) is 0 Å². The summed E-state index contributed by atoms with van der Waals surface area (Å²) in [6, 6.07) is 17.7. The first-order valence-electron chi connectivity index (χ1n) is 7.74. The van der Waals surface area contributed by atoms with Gasteiger partial charge in [0.1, 0.15) is 5.75 Å². The number of methoxy groups -OCH3 is 1. The molecule has 2 atom stereocenters. The molecule has 0 aromatic heterocycles. The van der Waals surface area contributed by atoms with E-state index in [1.54, 1.807) is 7.11 Å². The fraction of sp³-hybridized carbons (Fsp3) is 0.250. The quantitative estimate of drug-likeness (QED) is 0.787. The average molecular weight is 309 g/mol. The van der Waals surface area contributed by atoms with E-state index in [9.17, 15) is 4.79 Å². The van der Waals surface area contributed by atoms with E-state index in [1.165, 1.54) is 0 Å². The minimum Gasteiger partial charge on any atom is -0.497 e. The predicted octanol–water partition coefficient (Wildman–Crippen LogP) is 3.92. The fourth-order valence-corrected chi connectivity index (χ4v) is 2.59. The summed E-state index contributed by atoms with van der Waals surface area (Å²) >= 11 is 0. The Morgan fingerprint density at radius 3 is 2.61 bits per heavy atom. The van der Waals surface area contributed by atoms with Gasteiger partial charge in [-0.2, -0.15) is 0 Å². The number of ether oxygens (including phenoxy) is 1. The Morgan fingerprint density at radius 2 is 1.96 bits per heavy atom. The third kappa shape index (κ3) is 4.46. The highest BCUT2D eigenvalue weighted by Gasteiger charge is 2.23. The zero-order valence-electron chi connectivity index (χ0n) is 13.7. The molecule has 0 radical (unpaired) electrons. The first kappa shape index (κ1) is 16.8. The highest BCUT2D eigenvalue weighted by atomic mass is 16.5. The standard InChI is InChI=1S/C20H23NO2/c1-4-19(17-11-8-12-18(13-17)23-3)15(2)20(22)21-14-16-9-6-5-7-10-16/h4-13,15,19H,1,14H2,2-3H3,(H,21,22). The van der Waals surface area contributed by atoms with Crippen molar-refractivity contribution in [2.45, 2.75) is 19.4 Å². The lowest BCUT2D eigenvalue weighted by atomic mass is 9.86. The smallest absolute Gasteiger partial charge is 0.224 e. The second-order valence-corrected chi connectivity index (χ2v) is 5.53. The molecule has 2 rings (SSSR count). The number of carbonyl (C=O) groups is 1. The summed E-state index contributed by atoms with van der Waals surface area (Å²) in [4.78, 5) is 12.5. The SMILES string of the molecule is C=CC(c1cccc(OC)c1)C(C)C(=O)NCc1ccccc1. The summed E-state index contributed by atoms with van der Waals surface area (Å²) in [5.74, 6) is 0.539. The average Bonchev–Trinajstić information content (AvgIpc) is 2.61. The highest BCUT2D eigenvalue weighted by Crippen LogP contribution is 2.28.